The minimum absolute atomic E-state index is 0.00458. The molecule has 0 bridgehead atoms. The van der Waals surface area contributed by atoms with E-state index in [1.165, 1.54) is 25.7 Å². The predicted molar refractivity (Wildman–Crippen MR) is 69.2 cm³/mol. The number of carbonyl (C=O) groups excluding carboxylic acids is 1. The Morgan fingerprint density at radius 3 is 2.44 bits per heavy atom. The zero-order valence-corrected chi connectivity index (χ0v) is 11.2. The maximum Gasteiger partial charge on any atom is 0.227 e. The summed E-state index contributed by atoms with van der Waals surface area (Å²) >= 11 is 0. The van der Waals surface area contributed by atoms with E-state index < -0.39 is 0 Å². The summed E-state index contributed by atoms with van der Waals surface area (Å²) < 4.78 is 5.45. The second-order valence-electron chi connectivity index (χ2n) is 6.02. The monoisotopic (exact) mass is 252 g/mol. The molecule has 1 heterocycles. The van der Waals surface area contributed by atoms with Gasteiger partial charge in [-0.05, 0) is 44.1 Å². The van der Waals surface area contributed by atoms with Crippen LogP contribution in [0.2, 0.25) is 0 Å². The van der Waals surface area contributed by atoms with Gasteiger partial charge in [-0.15, -0.1) is 0 Å². The zero-order valence-electron chi connectivity index (χ0n) is 11.2. The van der Waals surface area contributed by atoms with E-state index in [0.717, 1.165) is 18.4 Å². The molecule has 18 heavy (non-hydrogen) atoms. The number of amides is 1. The van der Waals surface area contributed by atoms with E-state index in [0.29, 0.717) is 19.3 Å². The van der Waals surface area contributed by atoms with Crippen molar-refractivity contribution >= 4 is 5.91 Å². The van der Waals surface area contributed by atoms with Crippen LogP contribution in [0.15, 0.2) is 0 Å². The Kier molecular flexibility index (Phi) is 3.57. The summed E-state index contributed by atoms with van der Waals surface area (Å²) in [5, 5.41) is 6.66. The van der Waals surface area contributed by atoms with E-state index in [9.17, 15) is 4.79 Å². The molecule has 0 aromatic carbocycles. The Balaban J connectivity index is 1.56. The van der Waals surface area contributed by atoms with Crippen molar-refractivity contribution in [2.75, 3.05) is 19.8 Å². The lowest BCUT2D eigenvalue weighted by molar-refractivity contribution is -0.126. The van der Waals surface area contributed by atoms with Gasteiger partial charge >= 0.3 is 0 Å². The summed E-state index contributed by atoms with van der Waals surface area (Å²) in [5.41, 5.74) is 0. The van der Waals surface area contributed by atoms with Crippen LogP contribution in [0.3, 0.4) is 0 Å². The number of rotatable bonds is 6. The molecule has 3 aliphatic rings. The molecule has 0 radical (unpaired) electrons. The molecule has 2 N–H and O–H groups in total. The topological polar surface area (TPSA) is 50.4 Å². The lowest BCUT2D eigenvalue weighted by Crippen LogP contribution is -2.48. The van der Waals surface area contributed by atoms with Gasteiger partial charge in [-0.3, -0.25) is 4.79 Å². The van der Waals surface area contributed by atoms with E-state index in [1.807, 2.05) is 0 Å². The molecule has 1 saturated heterocycles. The van der Waals surface area contributed by atoms with Crippen molar-refractivity contribution in [1.82, 2.24) is 10.6 Å². The van der Waals surface area contributed by atoms with Crippen LogP contribution in [0.4, 0.5) is 0 Å². The summed E-state index contributed by atoms with van der Waals surface area (Å²) in [7, 11) is 0. The van der Waals surface area contributed by atoms with Gasteiger partial charge in [0.1, 0.15) is 0 Å². The van der Waals surface area contributed by atoms with Gasteiger partial charge in [-0.1, -0.05) is 6.92 Å². The SMILES string of the molecule is CCNC1COCC1C(=O)NC(C1CC1)C1CC1. The molecule has 102 valence electrons. The van der Waals surface area contributed by atoms with Gasteiger partial charge in [0.15, 0.2) is 0 Å². The highest BCUT2D eigenvalue weighted by molar-refractivity contribution is 5.80. The molecule has 2 atom stereocenters. The first kappa shape index (κ1) is 12.4. The third kappa shape index (κ3) is 2.69. The zero-order chi connectivity index (χ0) is 12.5. The Hall–Kier alpha value is -0.610. The third-order valence-corrected chi connectivity index (χ3v) is 4.45. The molecule has 3 fully saturated rings. The molecule has 0 aromatic heterocycles. The smallest absolute Gasteiger partial charge is 0.227 e. The van der Waals surface area contributed by atoms with Crippen LogP contribution >= 0.6 is 0 Å². The third-order valence-electron chi connectivity index (χ3n) is 4.45. The summed E-state index contributed by atoms with van der Waals surface area (Å²) in [6, 6.07) is 0.662. The van der Waals surface area contributed by atoms with Crippen molar-refractivity contribution in [3.05, 3.63) is 0 Å². The van der Waals surface area contributed by atoms with Gasteiger partial charge in [0.25, 0.3) is 0 Å². The molecule has 2 aliphatic carbocycles. The fourth-order valence-electron chi connectivity index (χ4n) is 3.08. The van der Waals surface area contributed by atoms with Gasteiger partial charge in [0.05, 0.1) is 19.1 Å². The Labute approximate surface area is 109 Å². The molecular formula is C14H24N2O2. The number of hydrogen-bond donors (Lipinski definition) is 2. The fraction of sp³-hybridized carbons (Fsp3) is 0.929. The van der Waals surface area contributed by atoms with Crippen LogP contribution in [0.5, 0.6) is 0 Å². The highest BCUT2D eigenvalue weighted by atomic mass is 16.5. The van der Waals surface area contributed by atoms with Crippen LogP contribution in [-0.4, -0.2) is 37.7 Å². The molecule has 4 heteroatoms. The molecular weight excluding hydrogens is 228 g/mol. The highest BCUT2D eigenvalue weighted by Crippen LogP contribution is 2.44. The van der Waals surface area contributed by atoms with Gasteiger partial charge in [-0.25, -0.2) is 0 Å². The molecule has 4 nitrogen and oxygen atoms in total. The molecule has 3 rings (SSSR count). The van der Waals surface area contributed by atoms with Gasteiger partial charge in [0, 0.05) is 12.1 Å². The van der Waals surface area contributed by atoms with E-state index in [-0.39, 0.29) is 17.9 Å². The van der Waals surface area contributed by atoms with Gasteiger partial charge in [0.2, 0.25) is 5.91 Å². The second kappa shape index (κ2) is 5.17. The molecule has 2 saturated carbocycles. The Morgan fingerprint density at radius 2 is 1.89 bits per heavy atom. The first-order valence-electron chi connectivity index (χ1n) is 7.41. The second-order valence-corrected chi connectivity index (χ2v) is 6.02. The lowest BCUT2D eigenvalue weighted by atomic mass is 10.0. The van der Waals surface area contributed by atoms with Crippen molar-refractivity contribution in [3.8, 4) is 0 Å². The number of hydrogen-bond acceptors (Lipinski definition) is 3. The molecule has 1 amide bonds. The summed E-state index contributed by atoms with van der Waals surface area (Å²) in [4.78, 5) is 12.4. The summed E-state index contributed by atoms with van der Waals surface area (Å²) in [5.74, 6) is 1.75. The molecule has 2 unspecified atom stereocenters. The van der Waals surface area contributed by atoms with Gasteiger partial charge < -0.3 is 15.4 Å². The normalized spacial score (nSPS) is 31.9. The van der Waals surface area contributed by atoms with Crippen molar-refractivity contribution in [3.63, 3.8) is 0 Å². The first-order valence-corrected chi connectivity index (χ1v) is 7.41. The van der Waals surface area contributed by atoms with Crippen molar-refractivity contribution in [1.29, 1.82) is 0 Å². The van der Waals surface area contributed by atoms with Gasteiger partial charge in [-0.2, -0.15) is 0 Å². The minimum Gasteiger partial charge on any atom is -0.379 e. The maximum atomic E-state index is 12.4. The van der Waals surface area contributed by atoms with Crippen LogP contribution in [-0.2, 0) is 9.53 Å². The Bertz CT molecular complexity index is 301. The van der Waals surface area contributed by atoms with E-state index in [4.69, 9.17) is 4.74 Å². The van der Waals surface area contributed by atoms with Crippen LogP contribution in [0.1, 0.15) is 32.6 Å². The maximum absolute atomic E-state index is 12.4. The standard InChI is InChI=1S/C14H24N2O2/c1-2-15-12-8-18-7-11(12)14(17)16-13(9-3-4-9)10-5-6-10/h9-13,15H,2-8H2,1H3,(H,16,17). The van der Waals surface area contributed by atoms with E-state index >= 15 is 0 Å². The largest absolute Gasteiger partial charge is 0.379 e. The lowest BCUT2D eigenvalue weighted by Gasteiger charge is -2.23. The first-order chi connectivity index (χ1) is 8.79. The van der Waals surface area contributed by atoms with E-state index in [1.54, 1.807) is 0 Å². The predicted octanol–water partition coefficient (Wildman–Crippen LogP) is 0.916. The van der Waals surface area contributed by atoms with Crippen molar-refractivity contribution in [2.24, 2.45) is 17.8 Å². The quantitative estimate of drug-likeness (QED) is 0.739. The van der Waals surface area contributed by atoms with Crippen LogP contribution < -0.4 is 10.6 Å². The van der Waals surface area contributed by atoms with Crippen molar-refractivity contribution in [2.45, 2.75) is 44.7 Å². The highest BCUT2D eigenvalue weighted by Gasteiger charge is 2.44. The average Bonchev–Trinajstić information content (AvgIpc) is 3.26. The number of carbonyl (C=O) groups is 1. The Morgan fingerprint density at radius 1 is 1.22 bits per heavy atom. The van der Waals surface area contributed by atoms with Crippen molar-refractivity contribution < 1.29 is 9.53 Å². The number of ether oxygens (including phenoxy) is 1. The van der Waals surface area contributed by atoms with Crippen LogP contribution in [0.25, 0.3) is 0 Å². The van der Waals surface area contributed by atoms with E-state index in [2.05, 4.69) is 17.6 Å². The molecule has 0 aromatic rings. The number of likely N-dealkylation sites (N-methyl/N-ethyl adjacent to an activating group) is 1. The summed E-state index contributed by atoms with van der Waals surface area (Å²) in [6.45, 7) is 4.21. The minimum atomic E-state index is 0.00458. The van der Waals surface area contributed by atoms with Crippen LogP contribution in [0, 0.1) is 17.8 Å². The molecule has 1 aliphatic heterocycles. The number of nitrogens with one attached hydrogen (secondary N) is 2. The average molecular weight is 252 g/mol. The summed E-state index contributed by atoms with van der Waals surface area (Å²) in [6.07, 6.45) is 5.22. The molecule has 0 spiro atoms. The fourth-order valence-corrected chi connectivity index (χ4v) is 3.08.